The van der Waals surface area contributed by atoms with Crippen molar-refractivity contribution in [3.63, 3.8) is 0 Å². The number of aliphatic carboxylic acids is 1. The Morgan fingerprint density at radius 1 is 1.62 bits per heavy atom. The van der Waals surface area contributed by atoms with Gasteiger partial charge in [-0.25, -0.2) is 0 Å². The molecule has 1 fully saturated rings. The molecular weight excluding hydrogens is 210 g/mol. The van der Waals surface area contributed by atoms with Crippen LogP contribution in [0.15, 0.2) is 0 Å². The van der Waals surface area contributed by atoms with E-state index in [1.807, 2.05) is 18.7 Å². The lowest BCUT2D eigenvalue weighted by atomic mass is 10.0. The molecule has 0 saturated carbocycles. The van der Waals surface area contributed by atoms with E-state index in [-0.39, 0.29) is 12.0 Å². The van der Waals surface area contributed by atoms with Crippen LogP contribution in [0.1, 0.15) is 20.3 Å². The van der Waals surface area contributed by atoms with Gasteiger partial charge in [0.2, 0.25) is 0 Å². The summed E-state index contributed by atoms with van der Waals surface area (Å²) >= 11 is 0. The fourth-order valence-electron chi connectivity index (χ4n) is 2.17. The molecule has 0 aromatic heterocycles. The quantitative estimate of drug-likeness (QED) is 0.682. The van der Waals surface area contributed by atoms with Crippen molar-refractivity contribution in [3.05, 3.63) is 0 Å². The fraction of sp³-hybridized carbons (Fsp3) is 0.909. The zero-order valence-corrected chi connectivity index (χ0v) is 9.93. The molecule has 1 aliphatic heterocycles. The van der Waals surface area contributed by atoms with Crippen LogP contribution in [0.2, 0.25) is 0 Å². The number of carboxylic acids is 1. The molecule has 0 amide bonds. The molecule has 5 nitrogen and oxygen atoms in total. The largest absolute Gasteiger partial charge is 0.481 e. The Morgan fingerprint density at radius 2 is 2.31 bits per heavy atom. The number of ether oxygens (including phenoxy) is 1. The molecule has 2 N–H and O–H groups in total. The summed E-state index contributed by atoms with van der Waals surface area (Å²) in [6.45, 7) is 5.92. The normalized spacial score (nSPS) is 28.2. The number of nitrogens with zero attached hydrogens (tertiary/aromatic N) is 1. The van der Waals surface area contributed by atoms with Gasteiger partial charge < -0.3 is 14.9 Å². The lowest BCUT2D eigenvalue weighted by molar-refractivity contribution is -0.142. The van der Waals surface area contributed by atoms with Gasteiger partial charge in [0, 0.05) is 19.2 Å². The van der Waals surface area contributed by atoms with Crippen molar-refractivity contribution in [2.75, 3.05) is 26.3 Å². The molecule has 1 rings (SSSR count). The first-order chi connectivity index (χ1) is 7.56. The average molecular weight is 231 g/mol. The molecule has 3 atom stereocenters. The topological polar surface area (TPSA) is 70.0 Å². The van der Waals surface area contributed by atoms with Gasteiger partial charge in [-0.05, 0) is 26.8 Å². The third kappa shape index (κ3) is 3.43. The molecule has 94 valence electrons. The summed E-state index contributed by atoms with van der Waals surface area (Å²) < 4.78 is 5.12. The maximum Gasteiger partial charge on any atom is 0.308 e. The molecule has 0 aliphatic carbocycles. The fourth-order valence-corrected chi connectivity index (χ4v) is 2.17. The van der Waals surface area contributed by atoms with E-state index in [9.17, 15) is 9.90 Å². The van der Waals surface area contributed by atoms with Gasteiger partial charge in [-0.15, -0.1) is 0 Å². The van der Waals surface area contributed by atoms with Gasteiger partial charge in [0.25, 0.3) is 0 Å². The minimum atomic E-state index is -0.741. The highest BCUT2D eigenvalue weighted by Gasteiger charge is 2.36. The second kappa shape index (κ2) is 6.18. The standard InChI is InChI=1S/C11H21NO4/c1-3-16-7-9(13)6-12-5-4-10(8(12)2)11(14)15/h8-10,13H,3-7H2,1-2H3,(H,14,15). The van der Waals surface area contributed by atoms with Gasteiger partial charge >= 0.3 is 5.97 Å². The van der Waals surface area contributed by atoms with Crippen LogP contribution in [0.25, 0.3) is 0 Å². The van der Waals surface area contributed by atoms with Crippen LogP contribution >= 0.6 is 0 Å². The van der Waals surface area contributed by atoms with E-state index in [0.717, 1.165) is 6.54 Å². The van der Waals surface area contributed by atoms with Crippen LogP contribution in [0.3, 0.4) is 0 Å². The third-order valence-electron chi connectivity index (χ3n) is 3.16. The molecule has 1 aliphatic rings. The summed E-state index contributed by atoms with van der Waals surface area (Å²) in [7, 11) is 0. The molecule has 1 saturated heterocycles. The summed E-state index contributed by atoms with van der Waals surface area (Å²) in [6.07, 6.45) is 0.132. The van der Waals surface area contributed by atoms with Crippen LogP contribution < -0.4 is 0 Å². The van der Waals surface area contributed by atoms with Gasteiger partial charge in [-0.2, -0.15) is 0 Å². The Balaban J connectivity index is 2.36. The second-order valence-corrected chi connectivity index (χ2v) is 4.28. The average Bonchev–Trinajstić information content (AvgIpc) is 2.57. The smallest absolute Gasteiger partial charge is 0.308 e. The zero-order chi connectivity index (χ0) is 12.1. The number of rotatable bonds is 6. The van der Waals surface area contributed by atoms with E-state index in [1.54, 1.807) is 0 Å². The molecular formula is C11H21NO4. The molecule has 0 spiro atoms. The van der Waals surface area contributed by atoms with Gasteiger partial charge in [-0.1, -0.05) is 0 Å². The number of β-amino-alcohol motifs (C(OH)–C–C–N with tert-alkyl or cyclic N) is 1. The molecule has 0 bridgehead atoms. The van der Waals surface area contributed by atoms with Crippen molar-refractivity contribution in [1.82, 2.24) is 4.90 Å². The number of hydrogen-bond acceptors (Lipinski definition) is 4. The summed E-state index contributed by atoms with van der Waals surface area (Å²) in [4.78, 5) is 12.9. The van der Waals surface area contributed by atoms with Crippen LogP contribution in [-0.4, -0.2) is 59.5 Å². The molecule has 5 heteroatoms. The highest BCUT2D eigenvalue weighted by molar-refractivity contribution is 5.71. The minimum absolute atomic E-state index is 0.00576. The Labute approximate surface area is 96.0 Å². The van der Waals surface area contributed by atoms with Gasteiger partial charge in [-0.3, -0.25) is 9.69 Å². The van der Waals surface area contributed by atoms with Crippen LogP contribution in [0.4, 0.5) is 0 Å². The van der Waals surface area contributed by atoms with Crippen molar-refractivity contribution in [3.8, 4) is 0 Å². The maximum atomic E-state index is 10.9. The SMILES string of the molecule is CCOCC(O)CN1CCC(C(=O)O)C1C. The van der Waals surface area contributed by atoms with E-state index < -0.39 is 12.1 Å². The van der Waals surface area contributed by atoms with E-state index in [0.29, 0.717) is 26.2 Å². The number of carboxylic acid groups (broad SMARTS) is 1. The molecule has 0 aromatic rings. The Morgan fingerprint density at radius 3 is 2.81 bits per heavy atom. The lowest BCUT2D eigenvalue weighted by Crippen LogP contribution is -2.39. The number of hydrogen-bond donors (Lipinski definition) is 2. The number of aliphatic hydroxyl groups is 1. The third-order valence-corrected chi connectivity index (χ3v) is 3.16. The zero-order valence-electron chi connectivity index (χ0n) is 9.93. The van der Waals surface area contributed by atoms with E-state index in [1.165, 1.54) is 0 Å². The number of likely N-dealkylation sites (tertiary alicyclic amines) is 1. The minimum Gasteiger partial charge on any atom is -0.481 e. The van der Waals surface area contributed by atoms with Gasteiger partial charge in [0.15, 0.2) is 0 Å². The van der Waals surface area contributed by atoms with Crippen molar-refractivity contribution in [2.24, 2.45) is 5.92 Å². The molecule has 3 unspecified atom stereocenters. The van der Waals surface area contributed by atoms with Crippen molar-refractivity contribution < 1.29 is 19.7 Å². The van der Waals surface area contributed by atoms with E-state index in [2.05, 4.69) is 0 Å². The first kappa shape index (κ1) is 13.4. The van der Waals surface area contributed by atoms with Crippen molar-refractivity contribution in [2.45, 2.75) is 32.4 Å². The van der Waals surface area contributed by atoms with Crippen LogP contribution in [-0.2, 0) is 9.53 Å². The van der Waals surface area contributed by atoms with Crippen LogP contribution in [0, 0.1) is 5.92 Å². The first-order valence-corrected chi connectivity index (χ1v) is 5.79. The van der Waals surface area contributed by atoms with E-state index in [4.69, 9.17) is 9.84 Å². The van der Waals surface area contributed by atoms with Gasteiger partial charge in [0.1, 0.15) is 0 Å². The summed E-state index contributed by atoms with van der Waals surface area (Å²) in [6, 6.07) is -0.00576. The first-order valence-electron chi connectivity index (χ1n) is 5.79. The van der Waals surface area contributed by atoms with Crippen LogP contribution in [0.5, 0.6) is 0 Å². The van der Waals surface area contributed by atoms with E-state index >= 15 is 0 Å². The Kier molecular flexibility index (Phi) is 5.18. The predicted molar refractivity (Wildman–Crippen MR) is 59.3 cm³/mol. The second-order valence-electron chi connectivity index (χ2n) is 4.28. The van der Waals surface area contributed by atoms with Crippen molar-refractivity contribution in [1.29, 1.82) is 0 Å². The molecule has 16 heavy (non-hydrogen) atoms. The monoisotopic (exact) mass is 231 g/mol. The Hall–Kier alpha value is -0.650. The molecule has 0 aromatic carbocycles. The predicted octanol–water partition coefficient (Wildman–Crippen LogP) is 0.179. The van der Waals surface area contributed by atoms with Gasteiger partial charge in [0.05, 0.1) is 18.6 Å². The summed E-state index contributed by atoms with van der Waals surface area (Å²) in [5.41, 5.74) is 0. The highest BCUT2D eigenvalue weighted by Crippen LogP contribution is 2.24. The highest BCUT2D eigenvalue weighted by atomic mass is 16.5. The number of aliphatic hydroxyl groups excluding tert-OH is 1. The Bertz CT molecular complexity index is 234. The lowest BCUT2D eigenvalue weighted by Gasteiger charge is -2.25. The van der Waals surface area contributed by atoms with Crippen molar-refractivity contribution >= 4 is 5.97 Å². The summed E-state index contributed by atoms with van der Waals surface area (Å²) in [5, 5.41) is 18.6. The molecule has 0 radical (unpaired) electrons. The molecule has 1 heterocycles. The summed E-state index contributed by atoms with van der Waals surface area (Å²) in [5.74, 6) is -1.05. The maximum absolute atomic E-state index is 10.9. The number of carbonyl (C=O) groups is 1.